The lowest BCUT2D eigenvalue weighted by atomic mass is 9.69. The molecule has 2 saturated heterocycles. The van der Waals surface area contributed by atoms with Gasteiger partial charge in [0.1, 0.15) is 0 Å². The van der Waals surface area contributed by atoms with E-state index in [2.05, 4.69) is 10.8 Å². The first-order chi connectivity index (χ1) is 10.9. The highest BCUT2D eigenvalue weighted by molar-refractivity contribution is 7.88. The molecule has 1 aliphatic carbocycles. The van der Waals surface area contributed by atoms with E-state index in [-0.39, 0.29) is 17.4 Å². The monoisotopic (exact) mass is 342 g/mol. The van der Waals surface area contributed by atoms with Crippen molar-refractivity contribution in [3.8, 4) is 0 Å². The Hall–Kier alpha value is -0.920. The first-order valence-electron chi connectivity index (χ1n) is 8.43. The average Bonchev–Trinajstić information content (AvgIpc) is 3.03. The third kappa shape index (κ3) is 3.78. The van der Waals surface area contributed by atoms with Crippen LogP contribution in [0.25, 0.3) is 0 Å². The van der Waals surface area contributed by atoms with Crippen LogP contribution in [-0.4, -0.2) is 57.8 Å². The fourth-order valence-corrected chi connectivity index (χ4v) is 4.90. The van der Waals surface area contributed by atoms with Gasteiger partial charge < -0.3 is 9.64 Å². The Morgan fingerprint density at radius 3 is 2.70 bits per heavy atom. The minimum Gasteiger partial charge on any atom is -0.380 e. The zero-order valence-electron chi connectivity index (χ0n) is 13.7. The topological polar surface area (TPSA) is 75.7 Å². The minimum absolute atomic E-state index is 0.0812. The van der Waals surface area contributed by atoms with Crippen LogP contribution in [0.5, 0.6) is 0 Å². The second-order valence-electron chi connectivity index (χ2n) is 7.04. The molecule has 1 amide bonds. The summed E-state index contributed by atoms with van der Waals surface area (Å²) in [6.45, 7) is 2.50. The molecule has 6 nitrogen and oxygen atoms in total. The van der Waals surface area contributed by atoms with Crippen molar-refractivity contribution in [2.75, 3.05) is 32.6 Å². The SMILES string of the molecule is CS(=O)(=O)N[C@H]1COCCC12CCN(C(=O)C1=CCCC1)CC2. The summed E-state index contributed by atoms with van der Waals surface area (Å²) in [5.74, 6) is 0.178. The van der Waals surface area contributed by atoms with Crippen molar-refractivity contribution in [2.24, 2.45) is 5.41 Å². The fraction of sp³-hybridized carbons (Fsp3) is 0.812. The Morgan fingerprint density at radius 2 is 2.09 bits per heavy atom. The number of rotatable bonds is 3. The van der Waals surface area contributed by atoms with E-state index in [1.807, 2.05) is 4.90 Å². The van der Waals surface area contributed by atoms with Gasteiger partial charge >= 0.3 is 0 Å². The molecule has 2 fully saturated rings. The molecule has 23 heavy (non-hydrogen) atoms. The summed E-state index contributed by atoms with van der Waals surface area (Å²) < 4.78 is 31.5. The molecule has 1 spiro atoms. The van der Waals surface area contributed by atoms with Crippen molar-refractivity contribution in [3.63, 3.8) is 0 Å². The van der Waals surface area contributed by atoms with Crippen molar-refractivity contribution in [1.82, 2.24) is 9.62 Å². The van der Waals surface area contributed by atoms with E-state index >= 15 is 0 Å². The van der Waals surface area contributed by atoms with E-state index in [0.717, 1.165) is 44.1 Å². The fourth-order valence-electron chi connectivity index (χ4n) is 4.07. The highest BCUT2D eigenvalue weighted by Gasteiger charge is 2.45. The predicted octanol–water partition coefficient (Wildman–Crippen LogP) is 1.04. The first-order valence-corrected chi connectivity index (χ1v) is 10.3. The number of nitrogens with one attached hydrogen (secondary N) is 1. The molecule has 130 valence electrons. The van der Waals surface area contributed by atoms with Crippen LogP contribution in [0.15, 0.2) is 11.6 Å². The quantitative estimate of drug-likeness (QED) is 0.832. The molecule has 0 unspecified atom stereocenters. The Bertz CT molecular complexity index is 591. The number of amides is 1. The summed E-state index contributed by atoms with van der Waals surface area (Å²) in [7, 11) is -3.26. The molecule has 3 rings (SSSR count). The predicted molar refractivity (Wildman–Crippen MR) is 87.4 cm³/mol. The van der Waals surface area contributed by atoms with Crippen LogP contribution >= 0.6 is 0 Å². The van der Waals surface area contributed by atoms with E-state index in [9.17, 15) is 13.2 Å². The maximum atomic E-state index is 12.5. The van der Waals surface area contributed by atoms with Gasteiger partial charge in [0.25, 0.3) is 0 Å². The Balaban J connectivity index is 1.66. The number of hydrogen-bond donors (Lipinski definition) is 1. The van der Waals surface area contributed by atoms with E-state index in [1.165, 1.54) is 6.26 Å². The summed E-state index contributed by atoms with van der Waals surface area (Å²) in [6, 6.07) is -0.186. The lowest BCUT2D eigenvalue weighted by molar-refractivity contribution is -0.131. The van der Waals surface area contributed by atoms with Crippen molar-refractivity contribution >= 4 is 15.9 Å². The number of carbonyl (C=O) groups excluding carboxylic acids is 1. The van der Waals surface area contributed by atoms with Gasteiger partial charge in [-0.3, -0.25) is 4.79 Å². The second kappa shape index (κ2) is 6.53. The number of carbonyl (C=O) groups is 1. The number of piperidine rings is 1. The smallest absolute Gasteiger partial charge is 0.249 e. The summed E-state index contributed by atoms with van der Waals surface area (Å²) in [6.07, 6.45) is 8.77. The van der Waals surface area contributed by atoms with Gasteiger partial charge in [-0.25, -0.2) is 13.1 Å². The molecule has 0 aromatic carbocycles. The Labute approximate surface area is 138 Å². The Kier molecular flexibility index (Phi) is 4.80. The van der Waals surface area contributed by atoms with Gasteiger partial charge in [-0.15, -0.1) is 0 Å². The number of sulfonamides is 1. The molecule has 0 aromatic rings. The van der Waals surface area contributed by atoms with E-state index in [4.69, 9.17) is 4.74 Å². The first kappa shape index (κ1) is 16.9. The molecule has 1 atom stereocenters. The zero-order valence-corrected chi connectivity index (χ0v) is 14.5. The molecule has 2 aliphatic heterocycles. The van der Waals surface area contributed by atoms with Gasteiger partial charge in [-0.05, 0) is 43.9 Å². The van der Waals surface area contributed by atoms with Crippen LogP contribution < -0.4 is 4.72 Å². The van der Waals surface area contributed by atoms with Crippen molar-refractivity contribution in [3.05, 3.63) is 11.6 Å². The summed E-state index contributed by atoms with van der Waals surface area (Å²) in [4.78, 5) is 14.4. The van der Waals surface area contributed by atoms with Gasteiger partial charge in [-0.2, -0.15) is 0 Å². The molecular formula is C16H26N2O4S. The lowest BCUT2D eigenvalue weighted by Gasteiger charge is -2.48. The maximum absolute atomic E-state index is 12.5. The van der Waals surface area contributed by atoms with E-state index < -0.39 is 10.0 Å². The molecule has 1 N–H and O–H groups in total. The third-order valence-electron chi connectivity index (χ3n) is 5.49. The van der Waals surface area contributed by atoms with Gasteiger partial charge in [-0.1, -0.05) is 6.08 Å². The van der Waals surface area contributed by atoms with Crippen LogP contribution in [0.4, 0.5) is 0 Å². The van der Waals surface area contributed by atoms with Crippen LogP contribution in [0.2, 0.25) is 0 Å². The standard InChI is InChI=1S/C16H26N2O4S/c1-23(20,21)17-14-12-22-11-8-16(14)6-9-18(10-7-16)15(19)13-4-2-3-5-13/h4,14,17H,2-3,5-12H2,1H3/t14-/m0/s1. The molecule has 0 saturated carbocycles. The zero-order chi connectivity index (χ0) is 16.5. The summed E-state index contributed by atoms with van der Waals surface area (Å²) >= 11 is 0. The summed E-state index contributed by atoms with van der Waals surface area (Å²) in [5.41, 5.74) is 0.876. The number of ether oxygens (including phenoxy) is 1. The summed E-state index contributed by atoms with van der Waals surface area (Å²) in [5, 5.41) is 0. The normalized spacial score (nSPS) is 28.0. The molecule has 0 aromatic heterocycles. The molecule has 0 radical (unpaired) electrons. The average molecular weight is 342 g/mol. The highest BCUT2D eigenvalue weighted by Crippen LogP contribution is 2.41. The molecule has 3 aliphatic rings. The van der Waals surface area contributed by atoms with Crippen LogP contribution in [0.3, 0.4) is 0 Å². The van der Waals surface area contributed by atoms with E-state index in [0.29, 0.717) is 26.3 Å². The maximum Gasteiger partial charge on any atom is 0.249 e. The molecule has 2 heterocycles. The van der Waals surface area contributed by atoms with Crippen LogP contribution in [0, 0.1) is 5.41 Å². The van der Waals surface area contributed by atoms with Gasteiger partial charge in [0.15, 0.2) is 0 Å². The second-order valence-corrected chi connectivity index (χ2v) is 8.82. The van der Waals surface area contributed by atoms with E-state index in [1.54, 1.807) is 0 Å². The van der Waals surface area contributed by atoms with Crippen molar-refractivity contribution in [1.29, 1.82) is 0 Å². The van der Waals surface area contributed by atoms with Crippen molar-refractivity contribution < 1.29 is 17.9 Å². The molecular weight excluding hydrogens is 316 g/mol. The lowest BCUT2D eigenvalue weighted by Crippen LogP contribution is -2.57. The number of nitrogens with zero attached hydrogens (tertiary/aromatic N) is 1. The number of likely N-dealkylation sites (tertiary alicyclic amines) is 1. The van der Waals surface area contributed by atoms with Crippen LogP contribution in [0.1, 0.15) is 38.5 Å². The van der Waals surface area contributed by atoms with Crippen molar-refractivity contribution in [2.45, 2.75) is 44.6 Å². The largest absolute Gasteiger partial charge is 0.380 e. The van der Waals surface area contributed by atoms with Gasteiger partial charge in [0, 0.05) is 25.3 Å². The molecule has 0 bridgehead atoms. The minimum atomic E-state index is -3.26. The highest BCUT2D eigenvalue weighted by atomic mass is 32.2. The van der Waals surface area contributed by atoms with Crippen LogP contribution in [-0.2, 0) is 19.6 Å². The Morgan fingerprint density at radius 1 is 1.35 bits per heavy atom. The number of hydrogen-bond acceptors (Lipinski definition) is 4. The third-order valence-corrected chi connectivity index (χ3v) is 6.20. The molecule has 7 heteroatoms. The van der Waals surface area contributed by atoms with Gasteiger partial charge in [0.2, 0.25) is 15.9 Å². The number of allylic oxidation sites excluding steroid dienone is 1. The van der Waals surface area contributed by atoms with Gasteiger partial charge in [0.05, 0.1) is 18.9 Å².